The van der Waals surface area contributed by atoms with Crippen molar-refractivity contribution in [2.24, 2.45) is 0 Å². The van der Waals surface area contributed by atoms with E-state index in [1.165, 1.54) is 0 Å². The molecule has 0 aliphatic carbocycles. The highest BCUT2D eigenvalue weighted by molar-refractivity contribution is 6.19. The van der Waals surface area contributed by atoms with Crippen LogP contribution in [-0.2, 0) is 0 Å². The Bertz CT molecular complexity index is 3010. The van der Waals surface area contributed by atoms with Gasteiger partial charge in [-0.05, 0) is 61.0 Å². The van der Waals surface area contributed by atoms with Crippen LogP contribution in [0.2, 0.25) is 0 Å². The lowest BCUT2D eigenvalue weighted by Gasteiger charge is -2.14. The molecule has 0 spiro atoms. The zero-order valence-electron chi connectivity index (χ0n) is 31.2. The van der Waals surface area contributed by atoms with Gasteiger partial charge in [0, 0.05) is 56.5 Å². The fourth-order valence-electron chi connectivity index (χ4n) is 7.74. The largest absolute Gasteiger partial charge is 0.307 e. The number of allylic oxidation sites excluding steroid dienone is 2. The van der Waals surface area contributed by atoms with Crippen LogP contribution in [0.25, 0.3) is 95.7 Å². The molecule has 0 radical (unpaired) electrons. The molecule has 7 heteroatoms. The van der Waals surface area contributed by atoms with E-state index in [9.17, 15) is 0 Å². The average Bonchev–Trinajstić information content (AvgIpc) is 3.78. The molecule has 0 fully saturated rings. The van der Waals surface area contributed by atoms with Gasteiger partial charge in [-0.25, -0.2) is 4.98 Å². The maximum Gasteiger partial charge on any atom is 0.238 e. The van der Waals surface area contributed by atoms with Crippen molar-refractivity contribution in [1.82, 2.24) is 34.1 Å². The summed E-state index contributed by atoms with van der Waals surface area (Å²) < 4.78 is 4.53. The van der Waals surface area contributed by atoms with Crippen LogP contribution in [0.15, 0.2) is 183 Å². The molecule has 0 saturated heterocycles. The predicted molar refractivity (Wildman–Crippen MR) is 232 cm³/mol. The maximum absolute atomic E-state index is 5.27. The summed E-state index contributed by atoms with van der Waals surface area (Å²) in [5, 5.41) is 3.39. The van der Waals surface area contributed by atoms with Gasteiger partial charge in [0.05, 0.1) is 33.6 Å². The first-order valence-corrected chi connectivity index (χ1v) is 18.9. The number of hydrogen-bond donors (Lipinski definition) is 0. The van der Waals surface area contributed by atoms with Crippen LogP contribution in [0, 0.1) is 6.92 Å². The maximum atomic E-state index is 5.27. The Morgan fingerprint density at radius 1 is 0.491 bits per heavy atom. The zero-order valence-corrected chi connectivity index (χ0v) is 31.2. The third-order valence-electron chi connectivity index (χ3n) is 10.5. The summed E-state index contributed by atoms with van der Waals surface area (Å²) in [6.45, 7) is 6.16. The molecule has 0 N–H and O–H groups in total. The lowest BCUT2D eigenvalue weighted by molar-refractivity contribution is 0.922. The van der Waals surface area contributed by atoms with E-state index in [2.05, 4.69) is 114 Å². The van der Waals surface area contributed by atoms with Gasteiger partial charge in [0.15, 0.2) is 11.6 Å². The van der Waals surface area contributed by atoms with Crippen LogP contribution in [0.5, 0.6) is 0 Å². The minimum absolute atomic E-state index is 0.480. The first kappa shape index (κ1) is 33.8. The lowest BCUT2D eigenvalue weighted by atomic mass is 10.1. The van der Waals surface area contributed by atoms with Crippen molar-refractivity contribution in [1.29, 1.82) is 0 Å². The highest BCUT2D eigenvalue weighted by atomic mass is 15.2. The summed E-state index contributed by atoms with van der Waals surface area (Å²) in [7, 11) is 0. The summed E-state index contributed by atoms with van der Waals surface area (Å²) in [4.78, 5) is 25.3. The van der Waals surface area contributed by atoms with Crippen molar-refractivity contribution in [2.45, 2.75) is 6.92 Å². The molecule has 5 aromatic heterocycles. The summed E-state index contributed by atoms with van der Waals surface area (Å²) >= 11 is 0. The van der Waals surface area contributed by atoms with Crippen LogP contribution in [-0.4, -0.2) is 34.1 Å². The minimum Gasteiger partial charge on any atom is -0.307 e. The Balaban J connectivity index is 1.27. The van der Waals surface area contributed by atoms with E-state index in [0.717, 1.165) is 83.3 Å². The van der Waals surface area contributed by atoms with Crippen molar-refractivity contribution in [3.8, 4) is 56.9 Å². The van der Waals surface area contributed by atoms with E-state index < -0.39 is 0 Å². The van der Waals surface area contributed by atoms with Gasteiger partial charge in [-0.15, -0.1) is 0 Å². The Hall–Kier alpha value is -7.77. The summed E-state index contributed by atoms with van der Waals surface area (Å²) in [5.74, 6) is 1.49. The Morgan fingerprint density at radius 3 is 1.61 bits per heavy atom. The Morgan fingerprint density at radius 2 is 1.04 bits per heavy atom. The second-order valence-electron chi connectivity index (χ2n) is 13.9. The molecule has 5 aromatic carbocycles. The fourth-order valence-corrected chi connectivity index (χ4v) is 7.74. The fraction of sp³-hybridized carbons (Fsp3) is 0.0200. The number of rotatable bonds is 8. The lowest BCUT2D eigenvalue weighted by Crippen LogP contribution is -2.09. The van der Waals surface area contributed by atoms with Crippen LogP contribution >= 0.6 is 0 Å². The first-order valence-electron chi connectivity index (χ1n) is 18.9. The molecule has 0 bridgehead atoms. The normalized spacial score (nSPS) is 11.6. The van der Waals surface area contributed by atoms with Crippen molar-refractivity contribution in [3.05, 3.63) is 194 Å². The van der Waals surface area contributed by atoms with Gasteiger partial charge in [0.25, 0.3) is 0 Å². The summed E-state index contributed by atoms with van der Waals surface area (Å²) in [5.41, 5.74) is 11.6. The Labute approximate surface area is 329 Å². The van der Waals surface area contributed by atoms with E-state index in [1.807, 2.05) is 85.2 Å². The van der Waals surface area contributed by atoms with Crippen LogP contribution in [0.4, 0.5) is 0 Å². The highest BCUT2D eigenvalue weighted by Gasteiger charge is 2.24. The first-order chi connectivity index (χ1) is 28.2. The molecular formula is C50H35N7. The molecule has 270 valence electrons. The van der Waals surface area contributed by atoms with Crippen molar-refractivity contribution in [3.63, 3.8) is 0 Å². The van der Waals surface area contributed by atoms with Gasteiger partial charge in [-0.2, -0.15) is 9.97 Å². The molecule has 10 aromatic rings. The van der Waals surface area contributed by atoms with Crippen LogP contribution in [0.1, 0.15) is 11.3 Å². The monoisotopic (exact) mass is 733 g/mol. The smallest absolute Gasteiger partial charge is 0.238 e. The molecule has 0 unspecified atom stereocenters. The molecule has 0 amide bonds. The van der Waals surface area contributed by atoms with Gasteiger partial charge in [-0.3, -0.25) is 14.5 Å². The van der Waals surface area contributed by atoms with E-state index in [0.29, 0.717) is 17.6 Å². The standard InChI is InChI=1S/C50H35N7/c1-3-4-23-44-33(2)39-27-28-41-40-22-14-15-24-45(40)56(38-20-12-7-13-21-38)47(41)46(39)57(44)50-54-48(36-25-29-42(51-31-36)34-16-8-5-9-17-34)53-49(55-50)37-26-30-43(52-32-37)35-18-10-6-11-19-35/h3-32H,1H2,2H3/b23-4-. The Kier molecular flexibility index (Phi) is 8.38. The van der Waals surface area contributed by atoms with E-state index in [-0.39, 0.29) is 0 Å². The number of hydrogen-bond acceptors (Lipinski definition) is 5. The number of aromatic nitrogens is 7. The van der Waals surface area contributed by atoms with Gasteiger partial charge in [-0.1, -0.05) is 128 Å². The summed E-state index contributed by atoms with van der Waals surface area (Å²) in [6.07, 6.45) is 9.51. The van der Waals surface area contributed by atoms with E-state index >= 15 is 0 Å². The number of aryl methyl sites for hydroxylation is 1. The molecule has 7 nitrogen and oxygen atoms in total. The minimum atomic E-state index is 0.480. The quantitative estimate of drug-likeness (QED) is 0.145. The molecular weight excluding hydrogens is 699 g/mol. The third kappa shape index (κ3) is 5.90. The van der Waals surface area contributed by atoms with Crippen LogP contribution in [0.3, 0.4) is 0 Å². The number of para-hydroxylation sites is 2. The van der Waals surface area contributed by atoms with Crippen molar-refractivity contribution in [2.75, 3.05) is 0 Å². The molecule has 57 heavy (non-hydrogen) atoms. The van der Waals surface area contributed by atoms with E-state index in [1.54, 1.807) is 6.08 Å². The van der Waals surface area contributed by atoms with Crippen molar-refractivity contribution < 1.29 is 0 Å². The number of nitrogens with zero attached hydrogens (tertiary/aromatic N) is 7. The number of fused-ring (bicyclic) bond motifs is 5. The topological polar surface area (TPSA) is 74.3 Å². The average molecular weight is 734 g/mol. The molecule has 0 atom stereocenters. The second kappa shape index (κ2) is 14.1. The van der Waals surface area contributed by atoms with Gasteiger partial charge < -0.3 is 4.57 Å². The van der Waals surface area contributed by atoms with Crippen molar-refractivity contribution >= 4 is 38.8 Å². The van der Waals surface area contributed by atoms with Gasteiger partial charge >= 0.3 is 0 Å². The van der Waals surface area contributed by atoms with Gasteiger partial charge in [0.1, 0.15) is 0 Å². The second-order valence-corrected chi connectivity index (χ2v) is 13.9. The van der Waals surface area contributed by atoms with Gasteiger partial charge in [0.2, 0.25) is 5.95 Å². The van der Waals surface area contributed by atoms with E-state index in [4.69, 9.17) is 24.9 Å². The molecule has 0 saturated carbocycles. The molecule has 0 aliphatic rings. The molecule has 10 rings (SSSR count). The predicted octanol–water partition coefficient (Wildman–Crippen LogP) is 11.9. The third-order valence-corrected chi connectivity index (χ3v) is 10.5. The SMILES string of the molecule is C=C/C=C\c1c(C)c2ccc3c4ccccc4n(-c4ccccc4)c3c2n1-c1nc(-c2ccc(-c3ccccc3)nc2)nc(-c2ccc(-c3ccccc3)nc2)n1. The van der Waals surface area contributed by atoms with Crippen LogP contribution < -0.4 is 0 Å². The molecule has 5 heterocycles. The number of benzene rings is 5. The zero-order chi connectivity index (χ0) is 38.3. The molecule has 0 aliphatic heterocycles. The summed E-state index contributed by atoms with van der Waals surface area (Å²) in [6, 6.07) is 51.9. The highest BCUT2D eigenvalue weighted by Crippen LogP contribution is 2.41. The number of pyridine rings is 2.